The Morgan fingerprint density at radius 2 is 1.80 bits per heavy atom. The molecule has 8 heteroatoms. The zero-order valence-electron chi connectivity index (χ0n) is 8.47. The number of ether oxygens (including phenoxy) is 1. The first-order valence-corrected chi connectivity index (χ1v) is 4.01. The van der Waals surface area contributed by atoms with Gasteiger partial charge in [0.05, 0.1) is 0 Å². The number of aliphatic hydroxyl groups is 1. The maximum absolute atomic E-state index is 11.7. The summed E-state index contributed by atoms with van der Waals surface area (Å²) in [5.74, 6) is 0. The van der Waals surface area contributed by atoms with Crippen molar-refractivity contribution < 1.29 is 27.8 Å². The number of hydrogen-bond donors (Lipinski definition) is 3. The largest absolute Gasteiger partial charge is 0.443 e. The van der Waals surface area contributed by atoms with Crippen molar-refractivity contribution in [1.82, 2.24) is 10.9 Å². The van der Waals surface area contributed by atoms with E-state index in [2.05, 4.69) is 4.74 Å². The molecule has 1 amide bonds. The molecule has 15 heavy (non-hydrogen) atoms. The van der Waals surface area contributed by atoms with Crippen LogP contribution in [-0.2, 0) is 4.74 Å². The molecular weight excluding hydrogens is 217 g/mol. The molecule has 0 aromatic rings. The Bertz CT molecular complexity index is 225. The van der Waals surface area contributed by atoms with Crippen LogP contribution in [0.2, 0.25) is 0 Å². The lowest BCUT2D eigenvalue weighted by atomic mass is 10.2. The van der Waals surface area contributed by atoms with Crippen LogP contribution in [0.1, 0.15) is 20.8 Å². The minimum absolute atomic E-state index is 0.824. The molecule has 0 aliphatic rings. The van der Waals surface area contributed by atoms with Crippen molar-refractivity contribution >= 4 is 6.09 Å². The SMILES string of the molecule is CC(C)(C)OC(=O)NNC(O)C(F)(F)F. The normalized spacial score (nSPS) is 14.6. The summed E-state index contributed by atoms with van der Waals surface area (Å²) in [4.78, 5) is 10.8. The van der Waals surface area contributed by atoms with Crippen molar-refractivity contribution in [2.45, 2.75) is 38.8 Å². The molecule has 0 bridgehead atoms. The summed E-state index contributed by atoms with van der Waals surface area (Å²) in [7, 11) is 0. The Labute approximate surface area is 84.6 Å². The number of rotatable bonds is 2. The minimum atomic E-state index is -4.85. The first-order chi connectivity index (χ1) is 6.52. The van der Waals surface area contributed by atoms with Crippen LogP contribution in [0.4, 0.5) is 18.0 Å². The second-order valence-electron chi connectivity index (χ2n) is 3.72. The van der Waals surface area contributed by atoms with Crippen LogP contribution >= 0.6 is 0 Å². The number of nitrogens with one attached hydrogen (secondary N) is 2. The second kappa shape index (κ2) is 4.67. The van der Waals surface area contributed by atoms with Crippen molar-refractivity contribution in [2.24, 2.45) is 0 Å². The Kier molecular flexibility index (Phi) is 4.35. The molecule has 0 saturated heterocycles. The fraction of sp³-hybridized carbons (Fsp3) is 0.857. The number of aliphatic hydroxyl groups excluding tert-OH is 1. The maximum Gasteiger partial charge on any atom is 0.429 e. The molecule has 0 saturated carbocycles. The average Bonchev–Trinajstić information content (AvgIpc) is 1.94. The maximum atomic E-state index is 11.7. The molecule has 5 nitrogen and oxygen atoms in total. The first kappa shape index (κ1) is 14.0. The van der Waals surface area contributed by atoms with E-state index in [4.69, 9.17) is 5.11 Å². The quantitative estimate of drug-likeness (QED) is 0.487. The van der Waals surface area contributed by atoms with Gasteiger partial charge in [0.15, 0.2) is 0 Å². The van der Waals surface area contributed by atoms with E-state index in [1.54, 1.807) is 26.2 Å². The van der Waals surface area contributed by atoms with Gasteiger partial charge >= 0.3 is 12.3 Å². The lowest BCUT2D eigenvalue weighted by Crippen LogP contribution is -2.52. The lowest BCUT2D eigenvalue weighted by molar-refractivity contribution is -0.216. The van der Waals surface area contributed by atoms with E-state index in [-0.39, 0.29) is 0 Å². The molecular formula is C7H13F3N2O3. The zero-order valence-corrected chi connectivity index (χ0v) is 8.47. The van der Waals surface area contributed by atoms with Gasteiger partial charge in [-0.2, -0.15) is 18.6 Å². The van der Waals surface area contributed by atoms with Crippen molar-refractivity contribution in [3.8, 4) is 0 Å². The number of alkyl halides is 3. The zero-order chi connectivity index (χ0) is 12.3. The third kappa shape index (κ3) is 6.97. The number of carbonyl (C=O) groups is 1. The van der Waals surface area contributed by atoms with E-state index in [9.17, 15) is 18.0 Å². The number of amides is 1. The Hall–Kier alpha value is -1.02. The summed E-state index contributed by atoms with van der Waals surface area (Å²) in [6.07, 6.45) is -8.79. The fourth-order valence-corrected chi connectivity index (χ4v) is 0.513. The molecule has 0 aliphatic carbocycles. The van der Waals surface area contributed by atoms with Crippen molar-refractivity contribution in [3.05, 3.63) is 0 Å². The highest BCUT2D eigenvalue weighted by Gasteiger charge is 2.38. The highest BCUT2D eigenvalue weighted by molar-refractivity contribution is 5.66. The average molecular weight is 230 g/mol. The summed E-state index contributed by atoms with van der Waals surface area (Å²) in [6.45, 7) is 4.65. The Morgan fingerprint density at radius 1 is 1.33 bits per heavy atom. The molecule has 0 fully saturated rings. The van der Waals surface area contributed by atoms with Crippen LogP contribution in [0.5, 0.6) is 0 Å². The standard InChI is InChI=1S/C7H13F3N2O3/c1-6(2,3)15-5(14)12-11-4(13)7(8,9)10/h4,11,13H,1-3H3,(H,12,14). The topological polar surface area (TPSA) is 70.6 Å². The number of hydrazine groups is 1. The molecule has 0 aromatic carbocycles. The molecule has 1 atom stereocenters. The van der Waals surface area contributed by atoms with Gasteiger partial charge in [-0.1, -0.05) is 0 Å². The number of hydrogen-bond acceptors (Lipinski definition) is 4. The smallest absolute Gasteiger partial charge is 0.429 e. The van der Waals surface area contributed by atoms with Crippen LogP contribution in [-0.4, -0.2) is 29.2 Å². The number of carbonyl (C=O) groups excluding carboxylic acids is 1. The van der Waals surface area contributed by atoms with E-state index >= 15 is 0 Å². The molecule has 0 rings (SSSR count). The number of halogens is 3. The molecule has 90 valence electrons. The highest BCUT2D eigenvalue weighted by Crippen LogP contribution is 2.17. The molecule has 3 N–H and O–H groups in total. The highest BCUT2D eigenvalue weighted by atomic mass is 19.4. The molecule has 0 radical (unpaired) electrons. The van der Waals surface area contributed by atoms with Crippen LogP contribution in [0.3, 0.4) is 0 Å². The third-order valence-corrected chi connectivity index (χ3v) is 1.02. The lowest BCUT2D eigenvalue weighted by Gasteiger charge is -2.21. The van der Waals surface area contributed by atoms with Gasteiger partial charge in [-0.15, -0.1) is 0 Å². The third-order valence-electron chi connectivity index (χ3n) is 1.02. The molecule has 0 spiro atoms. The van der Waals surface area contributed by atoms with Crippen molar-refractivity contribution in [2.75, 3.05) is 0 Å². The van der Waals surface area contributed by atoms with E-state index in [1.807, 2.05) is 0 Å². The summed E-state index contributed by atoms with van der Waals surface area (Å²) in [5.41, 5.74) is 2.09. The summed E-state index contributed by atoms with van der Waals surface area (Å²) in [5, 5.41) is 8.43. The first-order valence-electron chi connectivity index (χ1n) is 4.01. The van der Waals surface area contributed by atoms with Gasteiger partial charge in [-0.25, -0.2) is 4.79 Å². The van der Waals surface area contributed by atoms with E-state index in [1.165, 1.54) is 5.43 Å². The molecule has 0 heterocycles. The molecule has 0 aromatic heterocycles. The van der Waals surface area contributed by atoms with Crippen LogP contribution < -0.4 is 10.9 Å². The predicted molar refractivity (Wildman–Crippen MR) is 44.6 cm³/mol. The van der Waals surface area contributed by atoms with Gasteiger partial charge in [0.25, 0.3) is 0 Å². The van der Waals surface area contributed by atoms with E-state index in [0.717, 1.165) is 0 Å². The summed E-state index contributed by atoms with van der Waals surface area (Å²) in [6, 6.07) is 0. The van der Waals surface area contributed by atoms with E-state index in [0.29, 0.717) is 0 Å². The van der Waals surface area contributed by atoms with Gasteiger partial charge in [0.2, 0.25) is 6.23 Å². The van der Waals surface area contributed by atoms with Crippen molar-refractivity contribution in [1.29, 1.82) is 0 Å². The van der Waals surface area contributed by atoms with Gasteiger partial charge in [0, 0.05) is 0 Å². The monoisotopic (exact) mass is 230 g/mol. The van der Waals surface area contributed by atoms with Crippen LogP contribution in [0.15, 0.2) is 0 Å². The van der Waals surface area contributed by atoms with Crippen molar-refractivity contribution in [3.63, 3.8) is 0 Å². The minimum Gasteiger partial charge on any atom is -0.443 e. The Morgan fingerprint density at radius 3 is 2.13 bits per heavy atom. The van der Waals surface area contributed by atoms with Gasteiger partial charge < -0.3 is 9.84 Å². The van der Waals surface area contributed by atoms with E-state index < -0.39 is 24.1 Å². The Balaban J connectivity index is 3.92. The van der Waals surface area contributed by atoms with Gasteiger partial charge in [-0.3, -0.25) is 5.43 Å². The predicted octanol–water partition coefficient (Wildman–Crippen LogP) is 0.896. The van der Waals surface area contributed by atoms with Crippen LogP contribution in [0.25, 0.3) is 0 Å². The molecule has 1 unspecified atom stereocenters. The van der Waals surface area contributed by atoms with Crippen LogP contribution in [0, 0.1) is 0 Å². The molecule has 0 aliphatic heterocycles. The fourth-order valence-electron chi connectivity index (χ4n) is 0.513. The second-order valence-corrected chi connectivity index (χ2v) is 3.72. The summed E-state index contributed by atoms with van der Waals surface area (Å²) < 4.78 is 39.8. The summed E-state index contributed by atoms with van der Waals surface area (Å²) >= 11 is 0. The van der Waals surface area contributed by atoms with Gasteiger partial charge in [-0.05, 0) is 20.8 Å². The van der Waals surface area contributed by atoms with Gasteiger partial charge in [0.1, 0.15) is 5.60 Å².